The summed E-state index contributed by atoms with van der Waals surface area (Å²) in [7, 11) is 0. The maximum Gasteiger partial charge on any atom is 0.317 e. The Hall–Kier alpha value is -1.53. The molecule has 1 unspecified atom stereocenters. The monoisotopic (exact) mass is 326 g/mol. The molecule has 0 bridgehead atoms. The number of benzene rings is 1. The molecule has 4 nitrogen and oxygen atoms in total. The molecule has 2 rings (SSSR count). The smallest absolute Gasteiger partial charge is 0.317 e. The predicted octanol–water partition coefficient (Wildman–Crippen LogP) is 2.90. The third kappa shape index (κ3) is 4.26. The first kappa shape index (κ1) is 17.8. The van der Waals surface area contributed by atoms with Crippen LogP contribution < -0.4 is 0 Å². The van der Waals surface area contributed by atoms with Crippen LogP contribution in [0.2, 0.25) is 0 Å². The summed E-state index contributed by atoms with van der Waals surface area (Å²) in [5, 5.41) is 8.96. The van der Waals surface area contributed by atoms with Crippen LogP contribution in [0.15, 0.2) is 18.2 Å². The Morgan fingerprint density at radius 1 is 1.35 bits per heavy atom. The van der Waals surface area contributed by atoms with Gasteiger partial charge in [0.2, 0.25) is 0 Å². The Balaban J connectivity index is 2.00. The molecule has 0 radical (unpaired) electrons. The molecule has 1 N–H and O–H groups in total. The summed E-state index contributed by atoms with van der Waals surface area (Å²) < 4.78 is 27.8. The van der Waals surface area contributed by atoms with E-state index in [1.807, 2.05) is 18.7 Å². The Bertz CT molecular complexity index is 525. The second kappa shape index (κ2) is 7.84. The van der Waals surface area contributed by atoms with Crippen molar-refractivity contribution in [2.24, 2.45) is 0 Å². The van der Waals surface area contributed by atoms with E-state index in [0.717, 1.165) is 12.8 Å². The van der Waals surface area contributed by atoms with Gasteiger partial charge in [0, 0.05) is 30.7 Å². The molecule has 1 aliphatic rings. The Labute approximate surface area is 135 Å². The molecule has 1 aromatic rings. The number of halogens is 2. The number of carbonyl (C=O) groups is 1. The van der Waals surface area contributed by atoms with Crippen LogP contribution in [0.1, 0.15) is 38.3 Å². The van der Waals surface area contributed by atoms with Crippen LogP contribution in [0.4, 0.5) is 8.78 Å². The molecular formula is C17H24F2N2O2. The van der Waals surface area contributed by atoms with Crippen LogP contribution in [0.5, 0.6) is 0 Å². The summed E-state index contributed by atoms with van der Waals surface area (Å²) in [6.45, 7) is 5.90. The van der Waals surface area contributed by atoms with Crippen LogP contribution >= 0.6 is 0 Å². The summed E-state index contributed by atoms with van der Waals surface area (Å²) in [5.74, 6) is -1.85. The maximum absolute atomic E-state index is 13.9. The fraction of sp³-hybridized carbons (Fsp3) is 0.588. The highest BCUT2D eigenvalue weighted by atomic mass is 19.1. The zero-order valence-electron chi connectivity index (χ0n) is 13.6. The number of carboxylic acid groups (broad SMARTS) is 1. The molecule has 23 heavy (non-hydrogen) atoms. The molecule has 6 heteroatoms. The molecule has 0 aromatic heterocycles. The van der Waals surface area contributed by atoms with Gasteiger partial charge in [-0.05, 0) is 38.4 Å². The van der Waals surface area contributed by atoms with Crippen LogP contribution in [0.3, 0.4) is 0 Å². The van der Waals surface area contributed by atoms with Gasteiger partial charge in [0.1, 0.15) is 11.6 Å². The topological polar surface area (TPSA) is 43.8 Å². The molecule has 1 heterocycles. The molecule has 1 saturated heterocycles. The lowest BCUT2D eigenvalue weighted by Gasteiger charge is -2.40. The summed E-state index contributed by atoms with van der Waals surface area (Å²) in [6, 6.07) is 3.83. The first-order chi connectivity index (χ1) is 10.9. The lowest BCUT2D eigenvalue weighted by Crippen LogP contribution is -2.47. The standard InChI is InChI=1S/C17H24F2N2O2/c1-3-20(11-16(22)23)13-7-9-21(10-8-13)12(2)17-14(18)5-4-6-15(17)19/h4-6,12-13H,3,7-11H2,1-2H3,(H,22,23). The van der Waals surface area contributed by atoms with Gasteiger partial charge in [-0.1, -0.05) is 13.0 Å². The zero-order chi connectivity index (χ0) is 17.0. The van der Waals surface area contributed by atoms with Crippen molar-refractivity contribution in [3.63, 3.8) is 0 Å². The number of nitrogens with zero attached hydrogens (tertiary/aromatic N) is 2. The first-order valence-electron chi connectivity index (χ1n) is 8.07. The van der Waals surface area contributed by atoms with Gasteiger partial charge in [-0.3, -0.25) is 14.6 Å². The van der Waals surface area contributed by atoms with Crippen molar-refractivity contribution in [1.82, 2.24) is 9.80 Å². The highest BCUT2D eigenvalue weighted by molar-refractivity contribution is 5.69. The average Bonchev–Trinajstić information content (AvgIpc) is 2.52. The number of likely N-dealkylation sites (N-methyl/N-ethyl adjacent to an activating group) is 1. The molecule has 0 aliphatic carbocycles. The van der Waals surface area contributed by atoms with Gasteiger partial charge in [-0.2, -0.15) is 0 Å². The van der Waals surface area contributed by atoms with Gasteiger partial charge in [0.25, 0.3) is 0 Å². The van der Waals surface area contributed by atoms with Gasteiger partial charge < -0.3 is 5.11 Å². The number of piperidine rings is 1. The quantitative estimate of drug-likeness (QED) is 0.873. The maximum atomic E-state index is 13.9. The van der Waals surface area contributed by atoms with E-state index in [-0.39, 0.29) is 24.2 Å². The van der Waals surface area contributed by atoms with E-state index >= 15 is 0 Å². The second-order valence-electron chi connectivity index (χ2n) is 6.04. The van der Waals surface area contributed by atoms with E-state index < -0.39 is 17.6 Å². The third-order valence-electron chi connectivity index (χ3n) is 4.73. The Kier molecular flexibility index (Phi) is 6.07. The molecule has 1 aromatic carbocycles. The first-order valence-corrected chi connectivity index (χ1v) is 8.07. The molecule has 128 valence electrons. The highest BCUT2D eigenvalue weighted by Gasteiger charge is 2.29. The van der Waals surface area contributed by atoms with Crippen LogP contribution in [0, 0.1) is 11.6 Å². The van der Waals surface area contributed by atoms with Crippen molar-refractivity contribution in [2.75, 3.05) is 26.2 Å². The fourth-order valence-electron chi connectivity index (χ4n) is 3.40. The normalized spacial score (nSPS) is 18.3. The SMILES string of the molecule is CCN(CC(=O)O)C1CCN(C(C)c2c(F)cccc2F)CC1. The van der Waals surface area contributed by atoms with Crippen molar-refractivity contribution < 1.29 is 18.7 Å². The Morgan fingerprint density at radius 3 is 2.39 bits per heavy atom. The molecular weight excluding hydrogens is 302 g/mol. The summed E-state index contributed by atoms with van der Waals surface area (Å²) in [5.41, 5.74) is 0.115. The number of hydrogen-bond donors (Lipinski definition) is 1. The summed E-state index contributed by atoms with van der Waals surface area (Å²) >= 11 is 0. The average molecular weight is 326 g/mol. The van der Waals surface area contributed by atoms with Gasteiger partial charge in [0.15, 0.2) is 0 Å². The summed E-state index contributed by atoms with van der Waals surface area (Å²) in [6.07, 6.45) is 1.61. The minimum Gasteiger partial charge on any atom is -0.480 e. The summed E-state index contributed by atoms with van der Waals surface area (Å²) in [4.78, 5) is 14.9. The van der Waals surface area contributed by atoms with E-state index in [9.17, 15) is 13.6 Å². The van der Waals surface area contributed by atoms with E-state index in [1.165, 1.54) is 18.2 Å². The minimum absolute atomic E-state index is 0.0403. The number of likely N-dealkylation sites (tertiary alicyclic amines) is 1. The van der Waals surface area contributed by atoms with Gasteiger partial charge >= 0.3 is 5.97 Å². The number of hydrogen-bond acceptors (Lipinski definition) is 3. The van der Waals surface area contributed by atoms with Gasteiger partial charge in [-0.25, -0.2) is 8.78 Å². The van der Waals surface area contributed by atoms with Crippen LogP contribution in [-0.4, -0.2) is 53.1 Å². The van der Waals surface area contributed by atoms with Crippen LogP contribution in [0.25, 0.3) is 0 Å². The lowest BCUT2D eigenvalue weighted by molar-refractivity contribution is -0.139. The Morgan fingerprint density at radius 2 is 1.91 bits per heavy atom. The third-order valence-corrected chi connectivity index (χ3v) is 4.73. The van der Waals surface area contributed by atoms with Crippen molar-refractivity contribution in [2.45, 2.75) is 38.8 Å². The lowest BCUT2D eigenvalue weighted by atomic mass is 9.98. The second-order valence-corrected chi connectivity index (χ2v) is 6.04. The predicted molar refractivity (Wildman–Crippen MR) is 84.3 cm³/mol. The zero-order valence-corrected chi connectivity index (χ0v) is 13.6. The molecule has 0 spiro atoms. The molecule has 0 saturated carbocycles. The van der Waals surface area contributed by atoms with Crippen molar-refractivity contribution >= 4 is 5.97 Å². The number of carboxylic acids is 1. The van der Waals surface area contributed by atoms with Gasteiger partial charge in [0.05, 0.1) is 6.54 Å². The van der Waals surface area contributed by atoms with E-state index in [1.54, 1.807) is 0 Å². The number of aliphatic carboxylic acids is 1. The number of rotatable bonds is 6. The van der Waals surface area contributed by atoms with Crippen LogP contribution in [-0.2, 0) is 4.79 Å². The fourth-order valence-corrected chi connectivity index (χ4v) is 3.40. The van der Waals surface area contributed by atoms with Crippen molar-refractivity contribution in [1.29, 1.82) is 0 Å². The van der Waals surface area contributed by atoms with E-state index in [2.05, 4.69) is 4.90 Å². The van der Waals surface area contributed by atoms with Crippen molar-refractivity contribution in [3.05, 3.63) is 35.4 Å². The largest absolute Gasteiger partial charge is 0.480 e. The molecule has 1 aliphatic heterocycles. The minimum atomic E-state index is -0.823. The van der Waals surface area contributed by atoms with Gasteiger partial charge in [-0.15, -0.1) is 0 Å². The molecule has 1 fully saturated rings. The molecule has 1 atom stereocenters. The van der Waals surface area contributed by atoms with E-state index in [4.69, 9.17) is 5.11 Å². The molecule has 0 amide bonds. The highest BCUT2D eigenvalue weighted by Crippen LogP contribution is 2.29. The van der Waals surface area contributed by atoms with E-state index in [0.29, 0.717) is 19.6 Å². The van der Waals surface area contributed by atoms with Crippen molar-refractivity contribution in [3.8, 4) is 0 Å².